The molecule has 3 radical (unpaired) electrons. The maximum atomic E-state index is 4.99. The van der Waals surface area contributed by atoms with Gasteiger partial charge >= 0.3 is 0 Å². The summed E-state index contributed by atoms with van der Waals surface area (Å²) in [6, 6.07) is 24.6. The molecular formula is C30H42F3S3. The van der Waals surface area contributed by atoms with Crippen molar-refractivity contribution in [1.29, 1.82) is 0 Å². The molecule has 6 heteroatoms. The first kappa shape index (κ1) is 38.6. The largest absolute Gasteiger partial charge is 0.269 e. The number of halogens is 3. The van der Waals surface area contributed by atoms with Gasteiger partial charge in [0.2, 0.25) is 0 Å². The van der Waals surface area contributed by atoms with Crippen LogP contribution >= 0.6 is 37.9 Å². The van der Waals surface area contributed by atoms with Crippen LogP contribution in [0.4, 0.5) is 14.1 Å². The second-order valence-electron chi connectivity index (χ2n) is 9.73. The van der Waals surface area contributed by atoms with E-state index in [1.54, 1.807) is 0 Å². The van der Waals surface area contributed by atoms with Gasteiger partial charge in [-0.25, -0.2) is 0 Å². The van der Waals surface area contributed by atoms with Gasteiger partial charge in [0.15, 0.2) is 0 Å². The van der Waals surface area contributed by atoms with E-state index in [-0.39, 0.29) is 14.1 Å². The molecule has 0 spiro atoms. The SMILES string of the molecule is CC(C)Cc1ccc([S])cc1.CC(C)Cc1ccc([S])cc1.CC(C)Cc1ccc([S])cc1.F.F.F. The van der Waals surface area contributed by atoms with Crippen LogP contribution in [0.1, 0.15) is 58.2 Å². The minimum Gasteiger partial charge on any atom is -0.269 e. The summed E-state index contributed by atoms with van der Waals surface area (Å²) < 4.78 is 0. The highest BCUT2D eigenvalue weighted by molar-refractivity contribution is 7.80. The summed E-state index contributed by atoms with van der Waals surface area (Å²) in [7, 11) is 0. The van der Waals surface area contributed by atoms with E-state index in [1.807, 2.05) is 36.4 Å². The normalized spacial score (nSPS) is 9.58. The molecule has 0 fully saturated rings. The zero-order valence-corrected chi connectivity index (χ0v) is 24.7. The zero-order valence-electron chi connectivity index (χ0n) is 22.2. The summed E-state index contributed by atoms with van der Waals surface area (Å²) in [5.41, 5.74) is 4.15. The number of hydrogen-bond donors (Lipinski definition) is 0. The first-order chi connectivity index (χ1) is 15.5. The molecule has 0 amide bonds. The molecule has 0 bridgehead atoms. The molecule has 0 saturated heterocycles. The van der Waals surface area contributed by atoms with Crippen LogP contribution in [-0.4, -0.2) is 0 Å². The van der Waals surface area contributed by atoms with Crippen molar-refractivity contribution < 1.29 is 14.1 Å². The average Bonchev–Trinajstić information content (AvgIpc) is 2.73. The standard InChI is InChI=1S/3C10H13S.3FH/c3*1-8(2)7-9-3-5-10(11)6-4-9;;;/h3*3-6,8H,7H2,1-2H3;3*1H. The molecule has 0 aromatic heterocycles. The summed E-state index contributed by atoms with van der Waals surface area (Å²) >= 11 is 15.0. The number of rotatable bonds is 6. The van der Waals surface area contributed by atoms with Gasteiger partial charge in [-0.1, -0.05) is 116 Å². The fourth-order valence-electron chi connectivity index (χ4n) is 3.29. The molecular weight excluding hydrogens is 514 g/mol. The average molecular weight is 556 g/mol. The number of hydrogen-bond acceptors (Lipinski definition) is 0. The van der Waals surface area contributed by atoms with Gasteiger partial charge in [0.1, 0.15) is 0 Å². The zero-order chi connectivity index (χ0) is 24.8. The van der Waals surface area contributed by atoms with E-state index in [0.717, 1.165) is 51.7 Å². The van der Waals surface area contributed by atoms with E-state index >= 15 is 0 Å². The third-order valence-corrected chi connectivity index (χ3v) is 5.52. The van der Waals surface area contributed by atoms with Crippen LogP contribution in [0.3, 0.4) is 0 Å². The van der Waals surface area contributed by atoms with E-state index in [9.17, 15) is 0 Å². The highest BCUT2D eigenvalue weighted by Crippen LogP contribution is 2.13. The van der Waals surface area contributed by atoms with E-state index in [0.29, 0.717) is 0 Å². The smallest absolute Gasteiger partial charge is 0.0377 e. The lowest BCUT2D eigenvalue weighted by Crippen LogP contribution is -1.92. The molecule has 0 N–H and O–H groups in total. The van der Waals surface area contributed by atoms with E-state index in [2.05, 4.69) is 77.9 Å². The second kappa shape index (κ2) is 21.2. The molecule has 0 atom stereocenters. The number of benzene rings is 3. The molecule has 0 aliphatic rings. The fraction of sp³-hybridized carbons (Fsp3) is 0.400. The quantitative estimate of drug-likeness (QED) is 0.284. The van der Waals surface area contributed by atoms with Crippen molar-refractivity contribution in [3.05, 3.63) is 89.5 Å². The summed E-state index contributed by atoms with van der Waals surface area (Å²) in [5.74, 6) is 2.18. The predicted octanol–water partition coefficient (Wildman–Crippen LogP) is 10.8. The van der Waals surface area contributed by atoms with Crippen LogP contribution < -0.4 is 0 Å². The summed E-state index contributed by atoms with van der Waals surface area (Å²) in [5, 5.41) is 0. The van der Waals surface area contributed by atoms with Gasteiger partial charge in [0.05, 0.1) is 0 Å². The summed E-state index contributed by atoms with van der Waals surface area (Å²) in [4.78, 5) is 2.78. The minimum atomic E-state index is 0. The molecule has 201 valence electrons. The van der Waals surface area contributed by atoms with E-state index in [4.69, 9.17) is 37.9 Å². The van der Waals surface area contributed by atoms with Crippen molar-refractivity contribution in [2.24, 2.45) is 17.8 Å². The van der Waals surface area contributed by atoms with E-state index in [1.165, 1.54) is 16.7 Å². The third kappa shape index (κ3) is 19.3. The van der Waals surface area contributed by atoms with Crippen LogP contribution in [-0.2, 0) is 19.3 Å². The highest BCUT2D eigenvalue weighted by atomic mass is 32.1. The van der Waals surface area contributed by atoms with E-state index < -0.39 is 0 Å². The Kier molecular flexibility index (Phi) is 22.8. The van der Waals surface area contributed by atoms with Gasteiger partial charge in [-0.15, -0.1) is 0 Å². The molecule has 0 saturated carbocycles. The molecule has 3 aromatic rings. The molecule has 0 unspecified atom stereocenters. The van der Waals surface area contributed by atoms with Gasteiger partial charge in [-0.05, 0) is 90.1 Å². The Bertz CT molecular complexity index is 770. The van der Waals surface area contributed by atoms with Crippen molar-refractivity contribution in [1.82, 2.24) is 0 Å². The van der Waals surface area contributed by atoms with Gasteiger partial charge < -0.3 is 0 Å². The Balaban J connectivity index is -0.000000436. The lowest BCUT2D eigenvalue weighted by Gasteiger charge is -2.03. The Hall–Kier alpha value is -1.89. The summed E-state index contributed by atoms with van der Waals surface area (Å²) in [6.07, 6.45) is 3.45. The van der Waals surface area contributed by atoms with Gasteiger partial charge in [0.25, 0.3) is 0 Å². The van der Waals surface area contributed by atoms with Crippen molar-refractivity contribution in [2.45, 2.75) is 75.5 Å². The minimum absolute atomic E-state index is 0. The Morgan fingerprint density at radius 2 is 0.556 bits per heavy atom. The molecule has 3 rings (SSSR count). The third-order valence-electron chi connectivity index (χ3n) is 4.70. The van der Waals surface area contributed by atoms with Crippen molar-refractivity contribution >= 4 is 37.9 Å². The molecule has 3 aromatic carbocycles. The van der Waals surface area contributed by atoms with Crippen LogP contribution in [0.2, 0.25) is 0 Å². The molecule has 0 aliphatic carbocycles. The Morgan fingerprint density at radius 1 is 0.389 bits per heavy atom. The maximum Gasteiger partial charge on any atom is 0.0377 e. The van der Waals surface area contributed by atoms with Gasteiger partial charge in [0, 0.05) is 14.7 Å². The first-order valence-corrected chi connectivity index (χ1v) is 13.1. The van der Waals surface area contributed by atoms with Gasteiger partial charge in [-0.3, -0.25) is 14.1 Å². The monoisotopic (exact) mass is 555 g/mol. The van der Waals surface area contributed by atoms with Crippen LogP contribution in [0.25, 0.3) is 0 Å². The highest BCUT2D eigenvalue weighted by Gasteiger charge is 1.98. The molecule has 0 heterocycles. The van der Waals surface area contributed by atoms with Crippen molar-refractivity contribution in [3.63, 3.8) is 0 Å². The van der Waals surface area contributed by atoms with Crippen LogP contribution in [0.5, 0.6) is 0 Å². The molecule has 36 heavy (non-hydrogen) atoms. The van der Waals surface area contributed by atoms with Gasteiger partial charge in [-0.2, -0.15) is 0 Å². The van der Waals surface area contributed by atoms with Crippen molar-refractivity contribution in [2.75, 3.05) is 0 Å². The Morgan fingerprint density at radius 3 is 0.694 bits per heavy atom. The van der Waals surface area contributed by atoms with Crippen LogP contribution in [0.15, 0.2) is 87.5 Å². The predicted molar refractivity (Wildman–Crippen MR) is 160 cm³/mol. The lowest BCUT2D eigenvalue weighted by atomic mass is 10.0. The molecule has 0 aliphatic heterocycles. The van der Waals surface area contributed by atoms with Crippen LogP contribution in [0, 0.1) is 17.8 Å². The lowest BCUT2D eigenvalue weighted by molar-refractivity contribution is 0.647. The fourth-order valence-corrected chi connectivity index (χ4v) is 3.70. The second-order valence-corrected chi connectivity index (χ2v) is 11.1. The Labute approximate surface area is 234 Å². The van der Waals surface area contributed by atoms with Crippen molar-refractivity contribution in [3.8, 4) is 0 Å². The topological polar surface area (TPSA) is 0 Å². The first-order valence-electron chi connectivity index (χ1n) is 11.8. The maximum absolute atomic E-state index is 4.99. The molecule has 0 nitrogen and oxygen atoms in total. The summed E-state index contributed by atoms with van der Waals surface area (Å²) in [6.45, 7) is 13.3.